The minimum Gasteiger partial charge on any atom is -0.454 e. The molecule has 0 aliphatic carbocycles. The molecule has 1 fully saturated rings. The monoisotopic (exact) mass is 262 g/mol. The zero-order valence-electron chi connectivity index (χ0n) is 11.0. The van der Waals surface area contributed by atoms with Gasteiger partial charge in [0.1, 0.15) is 0 Å². The standard InChI is InChI=1S/C14H18N2O3/c1-15-8-10-4-3-7-16(10)14(17)11-5-2-6-12-13(11)19-9-18-12/h2,5-6,10,15H,3-4,7-9H2,1H3/t10-/m1/s1. The maximum absolute atomic E-state index is 12.7. The number of nitrogens with one attached hydrogen (secondary N) is 1. The van der Waals surface area contributed by atoms with Crippen LogP contribution in [-0.4, -0.2) is 43.8 Å². The number of para-hydroxylation sites is 1. The minimum atomic E-state index is 0.0418. The summed E-state index contributed by atoms with van der Waals surface area (Å²) in [5.41, 5.74) is 0.609. The smallest absolute Gasteiger partial charge is 0.258 e. The van der Waals surface area contributed by atoms with Gasteiger partial charge >= 0.3 is 0 Å². The average Bonchev–Trinajstić information content (AvgIpc) is 3.06. The van der Waals surface area contributed by atoms with E-state index in [1.54, 1.807) is 0 Å². The number of rotatable bonds is 3. The largest absolute Gasteiger partial charge is 0.454 e. The third kappa shape index (κ3) is 2.14. The lowest BCUT2D eigenvalue weighted by molar-refractivity contribution is 0.0732. The van der Waals surface area contributed by atoms with Crippen LogP contribution in [0.1, 0.15) is 23.2 Å². The molecule has 0 saturated carbocycles. The summed E-state index contributed by atoms with van der Waals surface area (Å²) in [4.78, 5) is 14.6. The van der Waals surface area contributed by atoms with Crippen LogP contribution in [0.2, 0.25) is 0 Å². The van der Waals surface area contributed by atoms with Gasteiger partial charge in [-0.3, -0.25) is 4.79 Å². The van der Waals surface area contributed by atoms with Gasteiger partial charge < -0.3 is 19.7 Å². The fraction of sp³-hybridized carbons (Fsp3) is 0.500. The van der Waals surface area contributed by atoms with Crippen LogP contribution in [0.4, 0.5) is 0 Å². The zero-order chi connectivity index (χ0) is 13.2. The summed E-state index contributed by atoms with van der Waals surface area (Å²) in [7, 11) is 1.91. The van der Waals surface area contributed by atoms with Crippen molar-refractivity contribution in [1.29, 1.82) is 0 Å². The van der Waals surface area contributed by atoms with E-state index in [9.17, 15) is 4.79 Å². The molecule has 1 saturated heterocycles. The highest BCUT2D eigenvalue weighted by Gasteiger charge is 2.32. The maximum Gasteiger partial charge on any atom is 0.258 e. The summed E-state index contributed by atoms with van der Waals surface area (Å²) in [6, 6.07) is 5.75. The predicted molar refractivity (Wildman–Crippen MR) is 70.6 cm³/mol. The lowest BCUT2D eigenvalue weighted by Gasteiger charge is -2.25. The van der Waals surface area contributed by atoms with Crippen LogP contribution in [0.5, 0.6) is 11.5 Å². The van der Waals surface area contributed by atoms with Crippen LogP contribution in [-0.2, 0) is 0 Å². The molecule has 2 heterocycles. The molecule has 1 amide bonds. The van der Waals surface area contributed by atoms with Gasteiger partial charge in [0.05, 0.1) is 5.56 Å². The highest BCUT2D eigenvalue weighted by molar-refractivity contribution is 5.98. The number of nitrogens with zero attached hydrogens (tertiary/aromatic N) is 1. The van der Waals surface area contributed by atoms with E-state index in [1.807, 2.05) is 30.1 Å². The molecule has 1 aromatic rings. The number of likely N-dealkylation sites (N-methyl/N-ethyl adjacent to an activating group) is 1. The van der Waals surface area contributed by atoms with E-state index in [0.29, 0.717) is 17.1 Å². The fourth-order valence-electron chi connectivity index (χ4n) is 2.80. The Morgan fingerprint density at radius 3 is 3.21 bits per heavy atom. The van der Waals surface area contributed by atoms with Crippen molar-refractivity contribution in [3.8, 4) is 11.5 Å². The van der Waals surface area contributed by atoms with Gasteiger partial charge in [-0.05, 0) is 32.0 Å². The summed E-state index contributed by atoms with van der Waals surface area (Å²) >= 11 is 0. The first-order valence-electron chi connectivity index (χ1n) is 6.65. The lowest BCUT2D eigenvalue weighted by Crippen LogP contribution is -2.40. The normalized spacial score (nSPS) is 20.9. The number of carbonyl (C=O) groups excluding carboxylic acids is 1. The number of hydrogen-bond donors (Lipinski definition) is 1. The second kappa shape index (κ2) is 5.09. The van der Waals surface area contributed by atoms with Gasteiger partial charge in [-0.1, -0.05) is 6.07 Å². The molecule has 0 aromatic heterocycles. The third-order valence-corrected chi connectivity index (χ3v) is 3.70. The van der Waals surface area contributed by atoms with E-state index >= 15 is 0 Å². The van der Waals surface area contributed by atoms with E-state index < -0.39 is 0 Å². The first-order valence-corrected chi connectivity index (χ1v) is 6.65. The molecule has 0 spiro atoms. The van der Waals surface area contributed by atoms with Crippen molar-refractivity contribution in [2.45, 2.75) is 18.9 Å². The van der Waals surface area contributed by atoms with Gasteiger partial charge in [0.15, 0.2) is 11.5 Å². The lowest BCUT2D eigenvalue weighted by atomic mass is 10.1. The van der Waals surface area contributed by atoms with Crippen molar-refractivity contribution >= 4 is 5.91 Å². The summed E-state index contributed by atoms with van der Waals surface area (Å²) in [5.74, 6) is 1.29. The van der Waals surface area contributed by atoms with Gasteiger partial charge in [-0.25, -0.2) is 0 Å². The summed E-state index contributed by atoms with van der Waals surface area (Å²) in [5, 5.41) is 3.15. The first-order chi connectivity index (χ1) is 9.31. The summed E-state index contributed by atoms with van der Waals surface area (Å²) in [6.07, 6.45) is 2.11. The van der Waals surface area contributed by atoms with Crippen LogP contribution < -0.4 is 14.8 Å². The molecule has 5 nitrogen and oxygen atoms in total. The van der Waals surface area contributed by atoms with Gasteiger partial charge in [-0.15, -0.1) is 0 Å². The van der Waals surface area contributed by atoms with Crippen molar-refractivity contribution < 1.29 is 14.3 Å². The highest BCUT2D eigenvalue weighted by Crippen LogP contribution is 2.36. The molecule has 0 unspecified atom stereocenters. The SMILES string of the molecule is CNC[C@H]1CCCN1C(=O)c1cccc2c1OCO2. The van der Waals surface area contributed by atoms with E-state index in [-0.39, 0.29) is 18.7 Å². The molecule has 102 valence electrons. The first kappa shape index (κ1) is 12.3. The van der Waals surface area contributed by atoms with Crippen LogP contribution >= 0.6 is 0 Å². The van der Waals surface area contributed by atoms with Crippen molar-refractivity contribution in [3.63, 3.8) is 0 Å². The average molecular weight is 262 g/mol. The molecule has 1 atom stereocenters. The van der Waals surface area contributed by atoms with E-state index in [1.165, 1.54) is 0 Å². The van der Waals surface area contributed by atoms with Crippen LogP contribution in [0.25, 0.3) is 0 Å². The molecule has 3 rings (SSSR count). The Morgan fingerprint density at radius 1 is 1.47 bits per heavy atom. The Morgan fingerprint density at radius 2 is 2.37 bits per heavy atom. The quantitative estimate of drug-likeness (QED) is 0.890. The molecule has 1 N–H and O–H groups in total. The van der Waals surface area contributed by atoms with E-state index in [4.69, 9.17) is 9.47 Å². The Kier molecular flexibility index (Phi) is 3.29. The molecule has 1 aromatic carbocycles. The maximum atomic E-state index is 12.7. The van der Waals surface area contributed by atoms with Crippen molar-refractivity contribution in [1.82, 2.24) is 10.2 Å². The number of benzene rings is 1. The molecule has 2 aliphatic heterocycles. The second-order valence-electron chi connectivity index (χ2n) is 4.89. The van der Waals surface area contributed by atoms with Crippen molar-refractivity contribution in [2.24, 2.45) is 0 Å². The summed E-state index contributed by atoms with van der Waals surface area (Å²) in [6.45, 7) is 1.84. The number of fused-ring (bicyclic) bond motifs is 1. The Bertz CT molecular complexity index is 490. The summed E-state index contributed by atoms with van der Waals surface area (Å²) < 4.78 is 10.7. The third-order valence-electron chi connectivity index (χ3n) is 3.70. The predicted octanol–water partition coefficient (Wildman–Crippen LogP) is 1.24. The highest BCUT2D eigenvalue weighted by atomic mass is 16.7. The van der Waals surface area contributed by atoms with Gasteiger partial charge in [0.25, 0.3) is 5.91 Å². The molecular formula is C14H18N2O3. The molecule has 0 radical (unpaired) electrons. The van der Waals surface area contributed by atoms with E-state index in [2.05, 4.69) is 5.32 Å². The Balaban J connectivity index is 1.86. The van der Waals surface area contributed by atoms with Gasteiger partial charge in [-0.2, -0.15) is 0 Å². The number of likely N-dealkylation sites (tertiary alicyclic amines) is 1. The molecule has 0 bridgehead atoms. The molecule has 5 heteroatoms. The fourth-order valence-corrected chi connectivity index (χ4v) is 2.80. The minimum absolute atomic E-state index is 0.0418. The molecule has 2 aliphatic rings. The topological polar surface area (TPSA) is 50.8 Å². The number of hydrogen-bond acceptors (Lipinski definition) is 4. The second-order valence-corrected chi connectivity index (χ2v) is 4.89. The number of ether oxygens (including phenoxy) is 2. The van der Waals surface area contributed by atoms with E-state index in [0.717, 1.165) is 25.9 Å². The Labute approximate surface area is 112 Å². The Hall–Kier alpha value is -1.75. The van der Waals surface area contributed by atoms with Crippen LogP contribution in [0.3, 0.4) is 0 Å². The zero-order valence-corrected chi connectivity index (χ0v) is 11.0. The number of amides is 1. The molecule has 19 heavy (non-hydrogen) atoms. The number of carbonyl (C=O) groups is 1. The van der Waals surface area contributed by atoms with Crippen LogP contribution in [0.15, 0.2) is 18.2 Å². The van der Waals surface area contributed by atoms with Crippen LogP contribution in [0, 0.1) is 0 Å². The molecular weight excluding hydrogens is 244 g/mol. The van der Waals surface area contributed by atoms with Gasteiger partial charge in [0, 0.05) is 19.1 Å². The van der Waals surface area contributed by atoms with Crippen molar-refractivity contribution in [2.75, 3.05) is 26.9 Å². The van der Waals surface area contributed by atoms with Gasteiger partial charge in [0.2, 0.25) is 6.79 Å². The van der Waals surface area contributed by atoms with Crippen molar-refractivity contribution in [3.05, 3.63) is 23.8 Å².